The molecule has 0 atom stereocenters. The quantitative estimate of drug-likeness (QED) is 0.853. The van der Waals surface area contributed by atoms with E-state index in [0.717, 1.165) is 36.1 Å². The average molecular weight is 251 g/mol. The van der Waals surface area contributed by atoms with Crippen molar-refractivity contribution >= 4 is 11.3 Å². The summed E-state index contributed by atoms with van der Waals surface area (Å²) < 4.78 is 5.47. The lowest BCUT2D eigenvalue weighted by atomic mass is 10.4. The van der Waals surface area contributed by atoms with E-state index in [1.807, 2.05) is 24.6 Å². The van der Waals surface area contributed by atoms with Crippen molar-refractivity contribution < 1.29 is 4.42 Å². The van der Waals surface area contributed by atoms with Crippen LogP contribution in [0.5, 0.6) is 0 Å². The molecule has 0 unspecified atom stereocenters. The molecule has 0 saturated heterocycles. The van der Waals surface area contributed by atoms with Gasteiger partial charge in [0.25, 0.3) is 0 Å². The fraction of sp³-hybridized carbons (Fsp3) is 0.417. The van der Waals surface area contributed by atoms with Crippen LogP contribution < -0.4 is 5.32 Å². The van der Waals surface area contributed by atoms with Crippen LogP contribution in [0.1, 0.15) is 5.69 Å². The van der Waals surface area contributed by atoms with E-state index in [1.165, 1.54) is 0 Å². The van der Waals surface area contributed by atoms with E-state index in [9.17, 15) is 0 Å². The third kappa shape index (κ3) is 3.39. The normalized spacial score (nSPS) is 11.2. The first-order valence-electron chi connectivity index (χ1n) is 5.61. The van der Waals surface area contributed by atoms with Crippen LogP contribution >= 0.6 is 11.3 Å². The summed E-state index contributed by atoms with van der Waals surface area (Å²) in [7, 11) is 4.04. The molecule has 0 aliphatic rings. The third-order valence-electron chi connectivity index (χ3n) is 2.46. The van der Waals surface area contributed by atoms with Crippen LogP contribution in [-0.2, 0) is 6.54 Å². The SMILES string of the molecule is CNCCN(C)Cc1coc(-c2cccs2)n1. The van der Waals surface area contributed by atoms with Crippen LogP contribution in [0, 0.1) is 0 Å². The van der Waals surface area contributed by atoms with Crippen molar-refractivity contribution in [1.29, 1.82) is 0 Å². The molecule has 92 valence electrons. The Kier molecular flexibility index (Phi) is 4.30. The van der Waals surface area contributed by atoms with Crippen molar-refractivity contribution in [3.05, 3.63) is 29.5 Å². The van der Waals surface area contributed by atoms with E-state index in [-0.39, 0.29) is 0 Å². The number of thiophene rings is 1. The first-order chi connectivity index (χ1) is 8.29. The Morgan fingerprint density at radius 1 is 1.53 bits per heavy atom. The summed E-state index contributed by atoms with van der Waals surface area (Å²) in [5, 5.41) is 5.15. The molecule has 2 rings (SSSR count). The Hall–Kier alpha value is -1.17. The van der Waals surface area contributed by atoms with E-state index in [2.05, 4.69) is 22.2 Å². The summed E-state index contributed by atoms with van der Waals surface area (Å²) in [6.07, 6.45) is 1.74. The highest BCUT2D eigenvalue weighted by molar-refractivity contribution is 7.13. The van der Waals surface area contributed by atoms with Gasteiger partial charge in [-0.15, -0.1) is 11.3 Å². The molecule has 0 spiro atoms. The van der Waals surface area contributed by atoms with E-state index in [1.54, 1.807) is 17.6 Å². The van der Waals surface area contributed by atoms with E-state index >= 15 is 0 Å². The standard InChI is InChI=1S/C12H17N3OS/c1-13-5-6-15(2)8-10-9-16-12(14-10)11-4-3-7-17-11/h3-4,7,9,13H,5-6,8H2,1-2H3. The van der Waals surface area contributed by atoms with E-state index in [4.69, 9.17) is 4.42 Å². The summed E-state index contributed by atoms with van der Waals surface area (Å²) in [6, 6.07) is 4.02. The summed E-state index contributed by atoms with van der Waals surface area (Å²) in [6.45, 7) is 2.79. The summed E-state index contributed by atoms with van der Waals surface area (Å²) in [5.74, 6) is 0.719. The first kappa shape index (κ1) is 12.3. The van der Waals surface area contributed by atoms with E-state index in [0.29, 0.717) is 0 Å². The van der Waals surface area contributed by atoms with Crippen molar-refractivity contribution in [2.45, 2.75) is 6.54 Å². The average Bonchev–Trinajstić information content (AvgIpc) is 2.95. The molecule has 0 radical (unpaired) electrons. The number of nitrogens with zero attached hydrogens (tertiary/aromatic N) is 2. The first-order valence-corrected chi connectivity index (χ1v) is 6.49. The topological polar surface area (TPSA) is 41.3 Å². The van der Waals surface area contributed by atoms with Crippen molar-refractivity contribution in [3.8, 4) is 10.8 Å². The summed E-state index contributed by atoms with van der Waals surface area (Å²) in [5.41, 5.74) is 0.979. The van der Waals surface area contributed by atoms with Gasteiger partial charge in [0.05, 0.1) is 10.6 Å². The van der Waals surface area contributed by atoms with Gasteiger partial charge in [0.2, 0.25) is 5.89 Å². The van der Waals surface area contributed by atoms with Gasteiger partial charge in [-0.05, 0) is 25.5 Å². The summed E-state index contributed by atoms with van der Waals surface area (Å²) >= 11 is 1.64. The van der Waals surface area contributed by atoms with Gasteiger partial charge in [0, 0.05) is 19.6 Å². The number of aromatic nitrogens is 1. The number of hydrogen-bond acceptors (Lipinski definition) is 5. The zero-order valence-electron chi connectivity index (χ0n) is 10.1. The molecule has 1 N–H and O–H groups in total. The van der Waals surface area contributed by atoms with Crippen molar-refractivity contribution in [2.24, 2.45) is 0 Å². The van der Waals surface area contributed by atoms with Crippen LogP contribution in [0.2, 0.25) is 0 Å². The molecule has 0 amide bonds. The lowest BCUT2D eigenvalue weighted by Crippen LogP contribution is -2.27. The van der Waals surface area contributed by atoms with Crippen LogP contribution in [-0.4, -0.2) is 37.1 Å². The minimum Gasteiger partial charge on any atom is -0.444 e. The maximum Gasteiger partial charge on any atom is 0.236 e. The van der Waals surface area contributed by atoms with Crippen LogP contribution in [0.15, 0.2) is 28.2 Å². The molecule has 0 saturated carbocycles. The molecule has 0 aliphatic carbocycles. The maximum absolute atomic E-state index is 5.47. The highest BCUT2D eigenvalue weighted by Gasteiger charge is 2.08. The third-order valence-corrected chi connectivity index (χ3v) is 3.32. The van der Waals surface area contributed by atoms with Crippen molar-refractivity contribution in [1.82, 2.24) is 15.2 Å². The second-order valence-corrected chi connectivity index (χ2v) is 4.91. The lowest BCUT2D eigenvalue weighted by molar-refractivity contribution is 0.324. The molecule has 2 aromatic rings. The van der Waals surface area contributed by atoms with Gasteiger partial charge in [0.1, 0.15) is 6.26 Å². The molecular weight excluding hydrogens is 234 g/mol. The molecule has 2 heterocycles. The Balaban J connectivity index is 1.94. The fourth-order valence-electron chi connectivity index (χ4n) is 1.55. The zero-order chi connectivity index (χ0) is 12.1. The predicted octanol–water partition coefficient (Wildman–Crippen LogP) is 2.05. The van der Waals surface area contributed by atoms with Gasteiger partial charge in [-0.3, -0.25) is 4.90 Å². The maximum atomic E-state index is 5.47. The Bertz CT molecular complexity index is 438. The minimum atomic E-state index is 0.719. The summed E-state index contributed by atoms with van der Waals surface area (Å²) in [4.78, 5) is 7.78. The molecule has 17 heavy (non-hydrogen) atoms. The molecule has 5 heteroatoms. The number of nitrogens with one attached hydrogen (secondary N) is 1. The Morgan fingerprint density at radius 2 is 2.41 bits per heavy atom. The van der Waals surface area contributed by atoms with Gasteiger partial charge >= 0.3 is 0 Å². The number of rotatable bonds is 6. The zero-order valence-corrected chi connectivity index (χ0v) is 11.0. The molecule has 2 aromatic heterocycles. The van der Waals surface area contributed by atoms with Crippen LogP contribution in [0.25, 0.3) is 10.8 Å². The number of likely N-dealkylation sites (N-methyl/N-ethyl adjacent to an activating group) is 2. The van der Waals surface area contributed by atoms with Gasteiger partial charge in [0.15, 0.2) is 0 Å². The Labute approximate surface area is 105 Å². The second-order valence-electron chi connectivity index (χ2n) is 3.96. The molecule has 0 fully saturated rings. The fourth-order valence-corrected chi connectivity index (χ4v) is 2.21. The van der Waals surface area contributed by atoms with Crippen molar-refractivity contribution in [3.63, 3.8) is 0 Å². The van der Waals surface area contributed by atoms with Gasteiger partial charge in [-0.25, -0.2) is 4.98 Å². The van der Waals surface area contributed by atoms with Crippen LogP contribution in [0.3, 0.4) is 0 Å². The molecule has 0 aliphatic heterocycles. The number of hydrogen-bond donors (Lipinski definition) is 1. The second kappa shape index (κ2) is 5.95. The molecule has 4 nitrogen and oxygen atoms in total. The minimum absolute atomic E-state index is 0.719. The molecule has 0 bridgehead atoms. The van der Waals surface area contributed by atoms with E-state index < -0.39 is 0 Å². The van der Waals surface area contributed by atoms with Crippen LogP contribution in [0.4, 0.5) is 0 Å². The molecular formula is C12H17N3OS. The lowest BCUT2D eigenvalue weighted by Gasteiger charge is -2.13. The Morgan fingerprint density at radius 3 is 3.12 bits per heavy atom. The van der Waals surface area contributed by atoms with Gasteiger partial charge in [-0.2, -0.15) is 0 Å². The van der Waals surface area contributed by atoms with Gasteiger partial charge in [-0.1, -0.05) is 6.07 Å². The monoisotopic (exact) mass is 251 g/mol. The largest absolute Gasteiger partial charge is 0.444 e. The highest BCUT2D eigenvalue weighted by Crippen LogP contribution is 2.23. The smallest absolute Gasteiger partial charge is 0.236 e. The highest BCUT2D eigenvalue weighted by atomic mass is 32.1. The molecule has 0 aromatic carbocycles. The van der Waals surface area contributed by atoms with Crippen molar-refractivity contribution in [2.75, 3.05) is 27.2 Å². The van der Waals surface area contributed by atoms with Gasteiger partial charge < -0.3 is 9.73 Å². The number of oxazole rings is 1. The predicted molar refractivity (Wildman–Crippen MR) is 70.1 cm³/mol.